The molecule has 0 saturated carbocycles. The van der Waals surface area contributed by atoms with Gasteiger partial charge in [0.1, 0.15) is 24.4 Å². The van der Waals surface area contributed by atoms with Crippen LogP contribution in [0, 0.1) is 0 Å². The van der Waals surface area contributed by atoms with Gasteiger partial charge in [-0.3, -0.25) is 4.79 Å². The highest BCUT2D eigenvalue weighted by atomic mass is 16.7. The van der Waals surface area contributed by atoms with Gasteiger partial charge in [0.15, 0.2) is 6.29 Å². The standard InChI is InChI=1S/C44H83NO8/c1-3-5-7-9-11-13-15-16-17-18-19-20-21-22-23-24-26-28-30-32-34-40(48)45-37(36-52-44-43(51)42(50)41(49)39(35-46)53-44)38(47)33-31-29-27-25-14-12-10-8-6-4-2/h27,29,31,33,37-39,41-44,46-47,49-51H,3-26,28,30,32,34-36H2,1-2H3,(H,45,48)/b29-27+,33-31+/t37-,38+,39-,41-,42?,43?,44-/m0/s1. The van der Waals surface area contributed by atoms with Gasteiger partial charge in [-0.15, -0.1) is 0 Å². The normalized spacial score (nSPS) is 21.8. The average Bonchev–Trinajstić information content (AvgIpc) is 3.16. The van der Waals surface area contributed by atoms with Crippen molar-refractivity contribution in [3.05, 3.63) is 24.3 Å². The molecule has 7 atom stereocenters. The molecule has 312 valence electrons. The Morgan fingerprint density at radius 3 is 1.57 bits per heavy atom. The number of aliphatic hydroxyl groups excluding tert-OH is 5. The predicted octanol–water partition coefficient (Wildman–Crippen LogP) is 8.72. The van der Waals surface area contributed by atoms with Gasteiger partial charge in [-0.25, -0.2) is 0 Å². The average molecular weight is 754 g/mol. The summed E-state index contributed by atoms with van der Waals surface area (Å²) in [6, 6.07) is -0.830. The number of ether oxygens (including phenoxy) is 2. The van der Waals surface area contributed by atoms with E-state index in [0.717, 1.165) is 32.1 Å². The number of aliphatic hydroxyl groups is 5. The molecule has 0 aliphatic carbocycles. The fourth-order valence-corrected chi connectivity index (χ4v) is 6.98. The molecule has 0 spiro atoms. The SMILES string of the molecule is CCCCCCCC/C=C/C=C/[C@@H](O)[C@H](CO[C@H]1O[C@@H](CO)[C@H](O)C(O)C1O)NC(=O)CCCCCCCCCCCCCCCCCCCCCC. The maximum atomic E-state index is 12.9. The second-order valence-corrected chi connectivity index (χ2v) is 15.5. The number of rotatable bonds is 36. The van der Waals surface area contributed by atoms with Crippen LogP contribution in [-0.4, -0.2) is 87.5 Å². The number of nitrogens with one attached hydrogen (secondary N) is 1. The van der Waals surface area contributed by atoms with Crippen LogP contribution in [0.25, 0.3) is 0 Å². The Balaban J connectivity index is 2.31. The number of allylic oxidation sites excluding steroid dienone is 3. The van der Waals surface area contributed by atoms with Crippen molar-refractivity contribution in [2.24, 2.45) is 0 Å². The second kappa shape index (κ2) is 35.1. The second-order valence-electron chi connectivity index (χ2n) is 15.5. The van der Waals surface area contributed by atoms with Crippen LogP contribution in [0.15, 0.2) is 24.3 Å². The van der Waals surface area contributed by atoms with Crippen LogP contribution in [0.3, 0.4) is 0 Å². The first-order valence-electron chi connectivity index (χ1n) is 22.1. The minimum atomic E-state index is -1.57. The fraction of sp³-hybridized carbons (Fsp3) is 0.886. The lowest BCUT2D eigenvalue weighted by molar-refractivity contribution is -0.302. The summed E-state index contributed by atoms with van der Waals surface area (Å²) in [6.45, 7) is 3.71. The lowest BCUT2D eigenvalue weighted by atomic mass is 9.99. The molecule has 9 heteroatoms. The summed E-state index contributed by atoms with van der Waals surface area (Å²) < 4.78 is 11.1. The molecule has 1 saturated heterocycles. The van der Waals surface area contributed by atoms with Gasteiger partial charge in [0.2, 0.25) is 5.91 Å². The third-order valence-corrected chi connectivity index (χ3v) is 10.6. The van der Waals surface area contributed by atoms with Crippen LogP contribution < -0.4 is 5.32 Å². The topological polar surface area (TPSA) is 149 Å². The zero-order chi connectivity index (χ0) is 38.8. The highest BCUT2D eigenvalue weighted by Gasteiger charge is 2.44. The summed E-state index contributed by atoms with van der Waals surface area (Å²) in [5.74, 6) is -0.194. The van der Waals surface area contributed by atoms with Gasteiger partial charge in [-0.05, 0) is 19.3 Å². The van der Waals surface area contributed by atoms with E-state index < -0.39 is 49.5 Å². The molecule has 6 N–H and O–H groups in total. The first-order chi connectivity index (χ1) is 25.8. The first kappa shape index (κ1) is 49.7. The Hall–Kier alpha value is -1.33. The molecule has 53 heavy (non-hydrogen) atoms. The van der Waals surface area contributed by atoms with Crippen LogP contribution in [0.5, 0.6) is 0 Å². The van der Waals surface area contributed by atoms with E-state index in [1.807, 2.05) is 6.08 Å². The third kappa shape index (κ3) is 26.2. The molecule has 2 unspecified atom stereocenters. The van der Waals surface area contributed by atoms with Crippen molar-refractivity contribution in [2.45, 2.75) is 236 Å². The highest BCUT2D eigenvalue weighted by molar-refractivity contribution is 5.76. The Bertz CT molecular complexity index is 883. The number of carbonyl (C=O) groups is 1. The molecule has 0 bridgehead atoms. The molecule has 1 rings (SSSR count). The fourth-order valence-electron chi connectivity index (χ4n) is 6.98. The van der Waals surface area contributed by atoms with Crippen molar-refractivity contribution in [1.29, 1.82) is 0 Å². The van der Waals surface area contributed by atoms with E-state index in [9.17, 15) is 30.3 Å². The van der Waals surface area contributed by atoms with E-state index in [0.29, 0.717) is 6.42 Å². The van der Waals surface area contributed by atoms with Gasteiger partial charge in [0, 0.05) is 6.42 Å². The zero-order valence-electron chi connectivity index (χ0n) is 34.0. The number of hydrogen-bond donors (Lipinski definition) is 6. The molecule has 9 nitrogen and oxygen atoms in total. The van der Waals surface area contributed by atoms with E-state index in [-0.39, 0.29) is 12.5 Å². The monoisotopic (exact) mass is 754 g/mol. The Morgan fingerprint density at radius 2 is 1.09 bits per heavy atom. The number of carbonyl (C=O) groups excluding carboxylic acids is 1. The summed E-state index contributed by atoms with van der Waals surface area (Å²) in [4.78, 5) is 12.9. The van der Waals surface area contributed by atoms with Crippen LogP contribution >= 0.6 is 0 Å². The van der Waals surface area contributed by atoms with E-state index in [1.54, 1.807) is 12.2 Å². The molecule has 1 heterocycles. The first-order valence-corrected chi connectivity index (χ1v) is 22.1. The molecule has 1 amide bonds. The van der Waals surface area contributed by atoms with Crippen molar-refractivity contribution in [3.8, 4) is 0 Å². The largest absolute Gasteiger partial charge is 0.394 e. The smallest absolute Gasteiger partial charge is 0.220 e. The Labute approximate surface area is 324 Å². The number of amides is 1. The minimum Gasteiger partial charge on any atom is -0.394 e. The van der Waals surface area contributed by atoms with E-state index in [4.69, 9.17) is 9.47 Å². The highest BCUT2D eigenvalue weighted by Crippen LogP contribution is 2.22. The van der Waals surface area contributed by atoms with Crippen LogP contribution in [0.4, 0.5) is 0 Å². The maximum Gasteiger partial charge on any atom is 0.220 e. The van der Waals surface area contributed by atoms with Gasteiger partial charge >= 0.3 is 0 Å². The molecule has 0 aromatic carbocycles. The molecule has 1 aliphatic rings. The van der Waals surface area contributed by atoms with Crippen molar-refractivity contribution in [1.82, 2.24) is 5.32 Å². The van der Waals surface area contributed by atoms with Crippen molar-refractivity contribution in [2.75, 3.05) is 13.2 Å². The predicted molar refractivity (Wildman–Crippen MR) is 217 cm³/mol. The summed E-state index contributed by atoms with van der Waals surface area (Å²) in [6.07, 6.45) is 33.8. The number of hydrogen-bond acceptors (Lipinski definition) is 8. The molecule has 1 fully saturated rings. The molecule has 0 radical (unpaired) electrons. The van der Waals surface area contributed by atoms with Crippen molar-refractivity contribution < 1.29 is 39.8 Å². The van der Waals surface area contributed by atoms with Gasteiger partial charge in [0.05, 0.1) is 25.4 Å². The molecule has 1 aliphatic heterocycles. The van der Waals surface area contributed by atoms with E-state index >= 15 is 0 Å². The van der Waals surface area contributed by atoms with Gasteiger partial charge in [-0.1, -0.05) is 192 Å². The summed E-state index contributed by atoms with van der Waals surface area (Å²) in [7, 11) is 0. The summed E-state index contributed by atoms with van der Waals surface area (Å²) >= 11 is 0. The number of unbranched alkanes of at least 4 members (excludes halogenated alkanes) is 25. The lowest BCUT2D eigenvalue weighted by Crippen LogP contribution is -2.60. The molecular weight excluding hydrogens is 670 g/mol. The van der Waals surface area contributed by atoms with Crippen molar-refractivity contribution in [3.63, 3.8) is 0 Å². The zero-order valence-corrected chi connectivity index (χ0v) is 34.0. The molecular formula is C44H83NO8. The van der Waals surface area contributed by atoms with Gasteiger partial charge in [-0.2, -0.15) is 0 Å². The van der Waals surface area contributed by atoms with Crippen LogP contribution in [-0.2, 0) is 14.3 Å². The Morgan fingerprint density at radius 1 is 0.642 bits per heavy atom. The summed E-state index contributed by atoms with van der Waals surface area (Å²) in [5, 5.41) is 53.9. The van der Waals surface area contributed by atoms with Crippen LogP contribution in [0.2, 0.25) is 0 Å². The van der Waals surface area contributed by atoms with E-state index in [2.05, 4.69) is 25.2 Å². The summed E-state index contributed by atoms with van der Waals surface area (Å²) in [5.41, 5.74) is 0. The van der Waals surface area contributed by atoms with E-state index in [1.165, 1.54) is 141 Å². The van der Waals surface area contributed by atoms with Crippen molar-refractivity contribution >= 4 is 5.91 Å². The van der Waals surface area contributed by atoms with Crippen LogP contribution in [0.1, 0.15) is 194 Å². The van der Waals surface area contributed by atoms with Gasteiger partial charge < -0.3 is 40.3 Å². The lowest BCUT2D eigenvalue weighted by Gasteiger charge is -2.40. The Kier molecular flexibility index (Phi) is 32.9. The molecule has 0 aromatic heterocycles. The minimum absolute atomic E-state index is 0.194. The maximum absolute atomic E-state index is 12.9. The van der Waals surface area contributed by atoms with Gasteiger partial charge in [0.25, 0.3) is 0 Å². The quantitative estimate of drug-likeness (QED) is 0.0275. The third-order valence-electron chi connectivity index (χ3n) is 10.6. The molecule has 0 aromatic rings.